The van der Waals surface area contributed by atoms with E-state index in [1.165, 1.54) is 17.4 Å². The number of nitrogens with zero attached hydrogens (tertiary/aromatic N) is 1. The molecule has 5 nitrogen and oxygen atoms in total. The molecule has 1 aliphatic carbocycles. The predicted molar refractivity (Wildman–Crippen MR) is 101 cm³/mol. The first-order valence-electron chi connectivity index (χ1n) is 8.45. The number of fused-ring (bicyclic) bond motifs is 2. The lowest BCUT2D eigenvalue weighted by molar-refractivity contribution is 0.0997. The molecular formula is C20H16N2O3S. The minimum Gasteiger partial charge on any atom is -0.451 e. The molecule has 26 heavy (non-hydrogen) atoms. The number of hydrogen-bond donors (Lipinski definition) is 1. The van der Waals surface area contributed by atoms with Crippen molar-refractivity contribution in [2.24, 2.45) is 5.92 Å². The average Bonchev–Trinajstić information content (AvgIpc) is 2.97. The van der Waals surface area contributed by atoms with E-state index in [1.807, 2.05) is 0 Å². The van der Waals surface area contributed by atoms with Gasteiger partial charge in [-0.2, -0.15) is 5.26 Å². The van der Waals surface area contributed by atoms with Crippen LogP contribution in [0.3, 0.4) is 0 Å². The molecule has 0 saturated heterocycles. The molecule has 2 heterocycles. The summed E-state index contributed by atoms with van der Waals surface area (Å²) in [4.78, 5) is 26.0. The van der Waals surface area contributed by atoms with Crippen molar-refractivity contribution in [3.8, 4) is 6.07 Å². The van der Waals surface area contributed by atoms with Crippen LogP contribution in [-0.4, -0.2) is 5.91 Å². The van der Waals surface area contributed by atoms with Crippen molar-refractivity contribution in [2.75, 3.05) is 5.32 Å². The van der Waals surface area contributed by atoms with Crippen LogP contribution in [0.25, 0.3) is 11.0 Å². The molecule has 1 aromatic carbocycles. The molecule has 1 N–H and O–H groups in total. The van der Waals surface area contributed by atoms with Gasteiger partial charge >= 0.3 is 0 Å². The third-order valence-electron chi connectivity index (χ3n) is 4.71. The van der Waals surface area contributed by atoms with Gasteiger partial charge in [-0.25, -0.2) is 0 Å². The average molecular weight is 364 g/mol. The summed E-state index contributed by atoms with van der Waals surface area (Å²) in [5, 5.41) is 13.3. The summed E-state index contributed by atoms with van der Waals surface area (Å²) in [5.74, 6) is 0.00285. The second-order valence-corrected chi connectivity index (χ2v) is 7.70. The minimum atomic E-state index is -0.518. The zero-order valence-electron chi connectivity index (χ0n) is 14.2. The SMILES string of the molecule is CC1CCc2c(sc(NC(=O)c3cc(=O)c4ccccc4o3)c2C#N)C1. The van der Waals surface area contributed by atoms with Crippen molar-refractivity contribution < 1.29 is 9.21 Å². The van der Waals surface area contributed by atoms with Crippen LogP contribution in [-0.2, 0) is 12.8 Å². The number of benzene rings is 1. The largest absolute Gasteiger partial charge is 0.451 e. The van der Waals surface area contributed by atoms with Crippen LogP contribution >= 0.6 is 11.3 Å². The van der Waals surface area contributed by atoms with E-state index in [0.717, 1.165) is 29.7 Å². The van der Waals surface area contributed by atoms with Crippen molar-refractivity contribution in [1.29, 1.82) is 5.26 Å². The number of para-hydroxylation sites is 1. The summed E-state index contributed by atoms with van der Waals surface area (Å²) in [7, 11) is 0. The minimum absolute atomic E-state index is 0.0580. The molecule has 4 rings (SSSR count). The highest BCUT2D eigenvalue weighted by Gasteiger charge is 2.25. The van der Waals surface area contributed by atoms with Crippen LogP contribution in [0.15, 0.2) is 39.5 Å². The lowest BCUT2D eigenvalue weighted by Crippen LogP contribution is -2.15. The van der Waals surface area contributed by atoms with E-state index in [-0.39, 0.29) is 11.2 Å². The molecule has 3 aromatic rings. The van der Waals surface area contributed by atoms with Gasteiger partial charge in [-0.15, -0.1) is 11.3 Å². The van der Waals surface area contributed by atoms with Crippen LogP contribution in [0.2, 0.25) is 0 Å². The van der Waals surface area contributed by atoms with Crippen LogP contribution in [0.1, 0.15) is 39.9 Å². The van der Waals surface area contributed by atoms with Gasteiger partial charge < -0.3 is 9.73 Å². The molecule has 1 amide bonds. The second kappa shape index (κ2) is 6.43. The van der Waals surface area contributed by atoms with Crippen LogP contribution in [0, 0.1) is 17.2 Å². The van der Waals surface area contributed by atoms with Gasteiger partial charge in [0.05, 0.1) is 10.9 Å². The first kappa shape index (κ1) is 16.6. The Hall–Kier alpha value is -2.91. The Labute approximate surface area is 153 Å². The summed E-state index contributed by atoms with van der Waals surface area (Å²) in [6.07, 6.45) is 2.83. The van der Waals surface area contributed by atoms with Crippen molar-refractivity contribution in [3.05, 3.63) is 62.3 Å². The Balaban J connectivity index is 1.69. The Kier molecular flexibility index (Phi) is 4.09. The number of carbonyl (C=O) groups is 1. The van der Waals surface area contributed by atoms with E-state index in [4.69, 9.17) is 4.42 Å². The summed E-state index contributed by atoms with van der Waals surface area (Å²) in [5.41, 5.74) is 1.68. The van der Waals surface area contributed by atoms with Crippen molar-refractivity contribution in [3.63, 3.8) is 0 Å². The molecule has 0 saturated carbocycles. The molecule has 130 valence electrons. The van der Waals surface area contributed by atoms with Gasteiger partial charge in [0, 0.05) is 10.9 Å². The second-order valence-electron chi connectivity index (χ2n) is 6.59. The van der Waals surface area contributed by atoms with Gasteiger partial charge in [-0.1, -0.05) is 19.1 Å². The third-order valence-corrected chi connectivity index (χ3v) is 5.88. The first-order chi connectivity index (χ1) is 12.6. The third kappa shape index (κ3) is 2.80. The monoisotopic (exact) mass is 364 g/mol. The number of hydrogen-bond acceptors (Lipinski definition) is 5. The Morgan fingerprint density at radius 3 is 3.00 bits per heavy atom. The number of nitriles is 1. The number of carbonyl (C=O) groups excluding carboxylic acids is 1. The molecule has 6 heteroatoms. The highest BCUT2D eigenvalue weighted by molar-refractivity contribution is 7.16. The van der Waals surface area contributed by atoms with E-state index in [2.05, 4.69) is 18.3 Å². The lowest BCUT2D eigenvalue weighted by Gasteiger charge is -2.17. The van der Waals surface area contributed by atoms with E-state index < -0.39 is 5.91 Å². The van der Waals surface area contributed by atoms with Crippen molar-refractivity contribution in [2.45, 2.75) is 26.2 Å². The van der Waals surface area contributed by atoms with Crippen LogP contribution in [0.4, 0.5) is 5.00 Å². The number of thiophene rings is 1. The fourth-order valence-electron chi connectivity index (χ4n) is 3.34. The van der Waals surface area contributed by atoms with Gasteiger partial charge in [0.25, 0.3) is 5.91 Å². The normalized spacial score (nSPS) is 16.1. The van der Waals surface area contributed by atoms with Crippen molar-refractivity contribution >= 4 is 33.2 Å². The zero-order valence-corrected chi connectivity index (χ0v) is 15.0. The van der Waals surface area contributed by atoms with Gasteiger partial charge in [0.15, 0.2) is 11.2 Å². The van der Waals surface area contributed by atoms with E-state index in [1.54, 1.807) is 24.3 Å². The highest BCUT2D eigenvalue weighted by Crippen LogP contribution is 2.39. The van der Waals surface area contributed by atoms with Gasteiger partial charge in [0.2, 0.25) is 0 Å². The van der Waals surface area contributed by atoms with E-state index >= 15 is 0 Å². The summed E-state index contributed by atoms with van der Waals surface area (Å²) < 4.78 is 5.58. The quantitative estimate of drug-likeness (QED) is 0.742. The van der Waals surface area contributed by atoms with Gasteiger partial charge in [0.1, 0.15) is 16.7 Å². The molecule has 0 bridgehead atoms. The van der Waals surface area contributed by atoms with Gasteiger partial charge in [-0.3, -0.25) is 9.59 Å². The molecule has 0 aliphatic heterocycles. The molecule has 0 spiro atoms. The molecular weight excluding hydrogens is 348 g/mol. The molecule has 0 radical (unpaired) electrons. The fourth-order valence-corrected chi connectivity index (χ4v) is 4.69. The summed E-state index contributed by atoms with van der Waals surface area (Å²) in [6.45, 7) is 2.19. The fraction of sp³-hybridized carbons (Fsp3) is 0.250. The number of nitrogens with one attached hydrogen (secondary N) is 1. The summed E-state index contributed by atoms with van der Waals surface area (Å²) in [6, 6.07) is 10.2. The highest BCUT2D eigenvalue weighted by atomic mass is 32.1. The van der Waals surface area contributed by atoms with E-state index in [0.29, 0.717) is 27.5 Å². The number of anilines is 1. The molecule has 0 fully saturated rings. The number of rotatable bonds is 2. The van der Waals surface area contributed by atoms with Crippen LogP contribution in [0.5, 0.6) is 0 Å². The Morgan fingerprint density at radius 2 is 2.19 bits per heavy atom. The lowest BCUT2D eigenvalue weighted by atomic mass is 9.89. The molecule has 1 unspecified atom stereocenters. The number of amides is 1. The first-order valence-corrected chi connectivity index (χ1v) is 9.27. The Bertz CT molecular complexity index is 1120. The topological polar surface area (TPSA) is 83.1 Å². The maximum absolute atomic E-state index is 12.6. The summed E-state index contributed by atoms with van der Waals surface area (Å²) >= 11 is 1.45. The zero-order chi connectivity index (χ0) is 18.3. The smallest absolute Gasteiger partial charge is 0.292 e. The molecule has 2 aromatic heterocycles. The van der Waals surface area contributed by atoms with Crippen LogP contribution < -0.4 is 10.7 Å². The van der Waals surface area contributed by atoms with E-state index in [9.17, 15) is 14.9 Å². The maximum Gasteiger partial charge on any atom is 0.292 e. The Morgan fingerprint density at radius 1 is 1.38 bits per heavy atom. The van der Waals surface area contributed by atoms with Gasteiger partial charge in [-0.05, 0) is 42.9 Å². The van der Waals surface area contributed by atoms with Crippen molar-refractivity contribution in [1.82, 2.24) is 0 Å². The predicted octanol–water partition coefficient (Wildman–Crippen LogP) is 4.10. The molecule has 1 aliphatic rings. The standard InChI is InChI=1S/C20H16N2O3S/c1-11-6-7-12-14(10-21)20(26-18(12)8-11)22-19(24)17-9-15(23)13-4-2-3-5-16(13)25-17/h2-5,9,11H,6-8H2,1H3,(H,22,24). The maximum atomic E-state index is 12.6. The molecule has 1 atom stereocenters.